The Hall–Kier alpha value is -2.91. The van der Waals surface area contributed by atoms with Gasteiger partial charge in [0.15, 0.2) is 0 Å². The lowest BCUT2D eigenvalue weighted by Crippen LogP contribution is -2.26. The first kappa shape index (κ1) is 16.0. The Morgan fingerprint density at radius 1 is 1.25 bits per heavy atom. The van der Waals surface area contributed by atoms with Crippen molar-refractivity contribution in [3.8, 4) is 11.8 Å². The topological polar surface area (TPSA) is 70.7 Å². The number of amides is 1. The molecule has 2 heterocycles. The molecular formula is C18H13BrN4O. The molecule has 0 bridgehead atoms. The van der Waals surface area contributed by atoms with E-state index in [1.807, 2.05) is 42.5 Å². The fraction of sp³-hybridized carbons (Fsp3) is 0.0556. The van der Waals surface area contributed by atoms with Crippen molar-refractivity contribution in [1.29, 1.82) is 5.26 Å². The largest absolute Gasteiger partial charge is 0.345 e. The van der Waals surface area contributed by atoms with Crippen LogP contribution in [0, 0.1) is 11.3 Å². The monoisotopic (exact) mass is 380 g/mol. The number of pyridine rings is 1. The molecule has 0 fully saturated rings. The lowest BCUT2D eigenvalue weighted by atomic mass is 10.2. The highest BCUT2D eigenvalue weighted by Gasteiger charge is 2.18. The summed E-state index contributed by atoms with van der Waals surface area (Å²) in [6.45, 7) is 0.300. The quantitative estimate of drug-likeness (QED) is 0.753. The normalized spacial score (nSPS) is 10.2. The van der Waals surface area contributed by atoms with E-state index in [2.05, 4.69) is 32.3 Å². The second kappa shape index (κ2) is 7.11. The molecule has 1 N–H and O–H groups in total. The lowest BCUT2D eigenvalue weighted by molar-refractivity contribution is 0.0943. The smallest absolute Gasteiger partial charge is 0.269 e. The third-order valence-corrected chi connectivity index (χ3v) is 3.96. The predicted octanol–water partition coefficient (Wildman–Crippen LogP) is 3.44. The van der Waals surface area contributed by atoms with Crippen LogP contribution in [0.4, 0.5) is 0 Å². The lowest BCUT2D eigenvalue weighted by Gasteiger charge is -2.11. The summed E-state index contributed by atoms with van der Waals surface area (Å²) in [5.74, 6) is -0.317. The molecule has 0 spiro atoms. The highest BCUT2D eigenvalue weighted by Crippen LogP contribution is 2.20. The molecule has 3 rings (SSSR count). The SMILES string of the molecule is N#Cc1ccn(-c2cccc(Br)c2)c1C(=O)NCc1ccccn1. The molecule has 0 saturated heterocycles. The first-order valence-electron chi connectivity index (χ1n) is 7.24. The number of hydrogen-bond donors (Lipinski definition) is 1. The van der Waals surface area contributed by atoms with Crippen LogP contribution in [0.2, 0.25) is 0 Å². The zero-order valence-corrected chi connectivity index (χ0v) is 14.2. The standard InChI is InChI=1S/C18H13BrN4O/c19-14-4-3-6-16(10-14)23-9-7-13(11-20)17(23)18(24)22-12-15-5-1-2-8-21-15/h1-10H,12H2,(H,22,24). The average Bonchev–Trinajstić information content (AvgIpc) is 3.05. The molecule has 0 atom stereocenters. The minimum absolute atomic E-state index is 0.300. The number of nitrogens with zero attached hydrogens (tertiary/aromatic N) is 3. The van der Waals surface area contributed by atoms with Gasteiger partial charge in [-0.3, -0.25) is 9.78 Å². The van der Waals surface area contributed by atoms with Crippen molar-refractivity contribution in [2.24, 2.45) is 0 Å². The van der Waals surface area contributed by atoms with Crippen molar-refractivity contribution in [1.82, 2.24) is 14.9 Å². The highest BCUT2D eigenvalue weighted by molar-refractivity contribution is 9.10. The van der Waals surface area contributed by atoms with E-state index in [1.54, 1.807) is 23.0 Å². The minimum atomic E-state index is -0.317. The third kappa shape index (κ3) is 3.36. The summed E-state index contributed by atoms with van der Waals surface area (Å²) >= 11 is 3.42. The predicted molar refractivity (Wildman–Crippen MR) is 93.6 cm³/mol. The zero-order valence-electron chi connectivity index (χ0n) is 12.6. The van der Waals surface area contributed by atoms with Crippen molar-refractivity contribution in [3.05, 3.63) is 82.3 Å². The van der Waals surface area contributed by atoms with E-state index in [0.717, 1.165) is 15.9 Å². The van der Waals surface area contributed by atoms with Crippen molar-refractivity contribution in [2.75, 3.05) is 0 Å². The average molecular weight is 381 g/mol. The molecule has 0 unspecified atom stereocenters. The van der Waals surface area contributed by atoms with Crippen molar-refractivity contribution < 1.29 is 4.79 Å². The van der Waals surface area contributed by atoms with Gasteiger partial charge in [0, 0.05) is 22.6 Å². The van der Waals surface area contributed by atoms with Crippen LogP contribution in [0.1, 0.15) is 21.7 Å². The highest BCUT2D eigenvalue weighted by atomic mass is 79.9. The van der Waals surface area contributed by atoms with E-state index in [9.17, 15) is 10.1 Å². The Labute approximate surface area is 147 Å². The van der Waals surface area contributed by atoms with Crippen LogP contribution in [0.3, 0.4) is 0 Å². The van der Waals surface area contributed by atoms with Crippen LogP contribution in [-0.2, 0) is 6.54 Å². The van der Waals surface area contributed by atoms with Crippen molar-refractivity contribution in [2.45, 2.75) is 6.54 Å². The first-order valence-corrected chi connectivity index (χ1v) is 8.04. The van der Waals surface area contributed by atoms with Gasteiger partial charge in [0.25, 0.3) is 5.91 Å². The van der Waals surface area contributed by atoms with Crippen LogP contribution in [0.25, 0.3) is 5.69 Å². The molecule has 1 aromatic carbocycles. The Morgan fingerprint density at radius 3 is 2.83 bits per heavy atom. The maximum atomic E-state index is 12.6. The number of nitriles is 1. The second-order valence-corrected chi connectivity index (χ2v) is 5.96. The number of nitrogens with one attached hydrogen (secondary N) is 1. The van der Waals surface area contributed by atoms with Crippen LogP contribution in [0.5, 0.6) is 0 Å². The maximum Gasteiger partial charge on any atom is 0.269 e. The van der Waals surface area contributed by atoms with E-state index in [1.165, 1.54) is 0 Å². The van der Waals surface area contributed by atoms with Crippen molar-refractivity contribution >= 4 is 21.8 Å². The number of halogens is 1. The van der Waals surface area contributed by atoms with Crippen molar-refractivity contribution in [3.63, 3.8) is 0 Å². The summed E-state index contributed by atoms with van der Waals surface area (Å²) in [5.41, 5.74) is 2.19. The molecular weight excluding hydrogens is 368 g/mol. The summed E-state index contributed by atoms with van der Waals surface area (Å²) in [6, 6.07) is 16.8. The van der Waals surface area contributed by atoms with E-state index < -0.39 is 0 Å². The molecule has 24 heavy (non-hydrogen) atoms. The number of carbonyl (C=O) groups excluding carboxylic acids is 1. The van der Waals surface area contributed by atoms with Gasteiger partial charge < -0.3 is 9.88 Å². The molecule has 6 heteroatoms. The summed E-state index contributed by atoms with van der Waals surface area (Å²) < 4.78 is 2.60. The van der Waals surface area contributed by atoms with E-state index in [4.69, 9.17) is 0 Å². The van der Waals surface area contributed by atoms with Crippen LogP contribution < -0.4 is 5.32 Å². The number of rotatable bonds is 4. The summed E-state index contributed by atoms with van der Waals surface area (Å²) in [4.78, 5) is 16.8. The first-order chi connectivity index (χ1) is 11.7. The van der Waals surface area contributed by atoms with Gasteiger partial charge in [-0.2, -0.15) is 5.26 Å². The molecule has 0 aliphatic carbocycles. The molecule has 118 valence electrons. The van der Waals surface area contributed by atoms with Gasteiger partial charge in [-0.1, -0.05) is 28.1 Å². The Balaban J connectivity index is 1.90. The van der Waals surface area contributed by atoms with Gasteiger partial charge in [0.1, 0.15) is 11.8 Å². The Morgan fingerprint density at radius 2 is 2.12 bits per heavy atom. The van der Waals surface area contributed by atoms with Crippen LogP contribution in [-0.4, -0.2) is 15.5 Å². The van der Waals surface area contributed by atoms with Crippen LogP contribution in [0.15, 0.2) is 65.4 Å². The summed E-state index contributed by atoms with van der Waals surface area (Å²) in [5, 5.41) is 12.1. The van der Waals surface area contributed by atoms with Gasteiger partial charge in [-0.25, -0.2) is 0 Å². The molecule has 0 aliphatic heterocycles. The number of aromatic nitrogens is 2. The van der Waals surface area contributed by atoms with Crippen LogP contribution >= 0.6 is 15.9 Å². The second-order valence-electron chi connectivity index (χ2n) is 5.04. The van der Waals surface area contributed by atoms with E-state index in [0.29, 0.717) is 17.8 Å². The zero-order chi connectivity index (χ0) is 16.9. The van der Waals surface area contributed by atoms with Gasteiger partial charge in [-0.15, -0.1) is 0 Å². The molecule has 3 aromatic rings. The minimum Gasteiger partial charge on any atom is -0.345 e. The summed E-state index contributed by atoms with van der Waals surface area (Å²) in [7, 11) is 0. The maximum absolute atomic E-state index is 12.6. The molecule has 5 nitrogen and oxygen atoms in total. The molecule has 1 amide bonds. The van der Waals surface area contributed by atoms with E-state index >= 15 is 0 Å². The molecule has 0 radical (unpaired) electrons. The van der Waals surface area contributed by atoms with Gasteiger partial charge >= 0.3 is 0 Å². The van der Waals surface area contributed by atoms with Gasteiger partial charge in [0.05, 0.1) is 17.8 Å². The third-order valence-electron chi connectivity index (χ3n) is 3.46. The van der Waals surface area contributed by atoms with Gasteiger partial charge in [-0.05, 0) is 36.4 Å². The fourth-order valence-electron chi connectivity index (χ4n) is 2.35. The number of benzene rings is 1. The molecule has 0 aliphatic rings. The Bertz CT molecular complexity index is 912. The Kier molecular flexibility index (Phi) is 4.73. The summed E-state index contributed by atoms with van der Waals surface area (Å²) in [6.07, 6.45) is 3.39. The fourth-order valence-corrected chi connectivity index (χ4v) is 2.74. The number of hydrogen-bond acceptors (Lipinski definition) is 3. The number of carbonyl (C=O) groups is 1. The molecule has 2 aromatic heterocycles. The van der Waals surface area contributed by atoms with Gasteiger partial charge in [0.2, 0.25) is 0 Å². The van der Waals surface area contributed by atoms with E-state index in [-0.39, 0.29) is 5.91 Å². The molecule has 0 saturated carbocycles.